The van der Waals surface area contributed by atoms with Crippen LogP contribution >= 0.6 is 15.9 Å². The molecule has 1 aromatic carbocycles. The second kappa shape index (κ2) is 4.67. The normalized spacial score (nSPS) is 10.3. The molecule has 0 unspecified atom stereocenters. The average molecular weight is 299 g/mol. The summed E-state index contributed by atoms with van der Waals surface area (Å²) in [7, 11) is 1.26. The molecule has 0 aliphatic carbocycles. The van der Waals surface area contributed by atoms with Gasteiger partial charge in [-0.2, -0.15) is 5.10 Å². The Balaban J connectivity index is 2.62. The summed E-state index contributed by atoms with van der Waals surface area (Å²) < 4.78 is 20.0. The highest BCUT2D eigenvalue weighted by molar-refractivity contribution is 9.10. The first-order chi connectivity index (χ1) is 8.15. The molecule has 4 nitrogen and oxygen atoms in total. The zero-order chi connectivity index (χ0) is 12.4. The summed E-state index contributed by atoms with van der Waals surface area (Å²) in [6.45, 7) is 0. The molecule has 2 rings (SSSR count). The van der Waals surface area contributed by atoms with Crippen LogP contribution in [0.25, 0.3) is 5.69 Å². The van der Waals surface area contributed by atoms with E-state index in [1.165, 1.54) is 30.1 Å². The largest absolute Gasteiger partial charge is 0.464 e. The van der Waals surface area contributed by atoms with Gasteiger partial charge in [-0.3, -0.25) is 0 Å². The number of methoxy groups -OCH3 is 1. The van der Waals surface area contributed by atoms with Gasteiger partial charge in [0.1, 0.15) is 11.5 Å². The first-order valence-corrected chi connectivity index (χ1v) is 5.51. The minimum absolute atomic E-state index is 0.165. The molecule has 88 valence electrons. The highest BCUT2D eigenvalue weighted by Gasteiger charge is 2.18. The lowest BCUT2D eigenvalue weighted by Crippen LogP contribution is -2.11. The van der Waals surface area contributed by atoms with Crippen molar-refractivity contribution >= 4 is 21.9 Å². The summed E-state index contributed by atoms with van der Waals surface area (Å²) in [5.41, 5.74) is 0.344. The van der Waals surface area contributed by atoms with Gasteiger partial charge < -0.3 is 4.74 Å². The fourth-order valence-electron chi connectivity index (χ4n) is 1.43. The summed E-state index contributed by atoms with van der Waals surface area (Å²) >= 11 is 3.22. The fourth-order valence-corrected chi connectivity index (χ4v) is 1.94. The van der Waals surface area contributed by atoms with Crippen molar-refractivity contribution in [3.8, 4) is 5.69 Å². The van der Waals surface area contributed by atoms with Crippen LogP contribution in [0.3, 0.4) is 0 Å². The van der Waals surface area contributed by atoms with Crippen LogP contribution in [0.1, 0.15) is 10.5 Å². The number of aromatic nitrogens is 2. The summed E-state index contributed by atoms with van der Waals surface area (Å²) in [4.78, 5) is 11.5. The highest BCUT2D eigenvalue weighted by atomic mass is 79.9. The lowest BCUT2D eigenvalue weighted by atomic mass is 10.3. The summed E-state index contributed by atoms with van der Waals surface area (Å²) in [5, 5.41) is 3.92. The van der Waals surface area contributed by atoms with E-state index in [2.05, 4.69) is 25.8 Å². The Hall–Kier alpha value is -1.69. The number of carbonyl (C=O) groups is 1. The maximum atomic E-state index is 13.7. The highest BCUT2D eigenvalue weighted by Crippen LogP contribution is 2.24. The molecule has 0 amide bonds. The second-order valence-corrected chi connectivity index (χ2v) is 4.04. The van der Waals surface area contributed by atoms with Crippen molar-refractivity contribution in [2.45, 2.75) is 0 Å². The van der Waals surface area contributed by atoms with Gasteiger partial charge in [0, 0.05) is 4.47 Å². The monoisotopic (exact) mass is 298 g/mol. The smallest absolute Gasteiger partial charge is 0.356 e. The topological polar surface area (TPSA) is 44.1 Å². The van der Waals surface area contributed by atoms with E-state index >= 15 is 0 Å². The Bertz CT molecular complexity index is 548. The second-order valence-electron chi connectivity index (χ2n) is 3.19. The molecule has 0 atom stereocenters. The van der Waals surface area contributed by atoms with Crippen molar-refractivity contribution < 1.29 is 13.9 Å². The number of esters is 1. The van der Waals surface area contributed by atoms with Gasteiger partial charge in [0.25, 0.3) is 0 Å². The van der Waals surface area contributed by atoms with E-state index in [4.69, 9.17) is 0 Å². The predicted molar refractivity (Wildman–Crippen MR) is 62.6 cm³/mol. The number of carbonyl (C=O) groups excluding carboxylic acids is 1. The molecular weight excluding hydrogens is 291 g/mol. The van der Waals surface area contributed by atoms with Crippen LogP contribution in [0.4, 0.5) is 4.39 Å². The Labute approximate surface area is 105 Å². The van der Waals surface area contributed by atoms with Crippen LogP contribution < -0.4 is 0 Å². The molecule has 0 aliphatic heterocycles. The molecule has 0 saturated carbocycles. The molecule has 0 N–H and O–H groups in total. The predicted octanol–water partition coefficient (Wildman–Crippen LogP) is 2.56. The third-order valence-corrected chi connectivity index (χ3v) is 2.83. The van der Waals surface area contributed by atoms with Crippen LogP contribution in [0.2, 0.25) is 0 Å². The number of hydrogen-bond acceptors (Lipinski definition) is 3. The van der Waals surface area contributed by atoms with Crippen molar-refractivity contribution in [2.24, 2.45) is 0 Å². The van der Waals surface area contributed by atoms with Gasteiger partial charge in [0.05, 0.1) is 13.3 Å². The van der Waals surface area contributed by atoms with E-state index in [0.717, 1.165) is 0 Å². The molecule has 0 spiro atoms. The molecule has 1 heterocycles. The molecule has 0 bridgehead atoms. The van der Waals surface area contributed by atoms with Crippen LogP contribution in [0.15, 0.2) is 34.9 Å². The molecule has 0 aliphatic rings. The molecule has 0 fully saturated rings. The number of hydrogen-bond donors (Lipinski definition) is 0. The van der Waals surface area contributed by atoms with Gasteiger partial charge in [0.15, 0.2) is 5.69 Å². The number of halogens is 2. The minimum atomic E-state index is -0.572. The van der Waals surface area contributed by atoms with Gasteiger partial charge in [0.2, 0.25) is 0 Å². The van der Waals surface area contributed by atoms with E-state index < -0.39 is 11.8 Å². The molecule has 2 aromatic rings. The van der Waals surface area contributed by atoms with Crippen molar-refractivity contribution in [3.63, 3.8) is 0 Å². The molecule has 17 heavy (non-hydrogen) atoms. The van der Waals surface area contributed by atoms with E-state index in [9.17, 15) is 9.18 Å². The van der Waals surface area contributed by atoms with E-state index in [1.54, 1.807) is 12.1 Å². The number of rotatable bonds is 2. The van der Waals surface area contributed by atoms with Crippen LogP contribution in [-0.4, -0.2) is 22.9 Å². The molecule has 0 radical (unpaired) electrons. The third kappa shape index (κ3) is 2.08. The standard InChI is InChI=1S/C11H8BrFN2O2/c1-17-11(16)9-5-6-14-15(9)10-7(12)3-2-4-8(10)13/h2-6H,1H3. The SMILES string of the molecule is COC(=O)c1ccnn1-c1c(F)cccc1Br. The van der Waals surface area contributed by atoms with Gasteiger partial charge in [-0.05, 0) is 34.1 Å². The lowest BCUT2D eigenvalue weighted by Gasteiger charge is -2.08. The first kappa shape index (κ1) is 11.8. The van der Waals surface area contributed by atoms with Gasteiger partial charge in [-0.15, -0.1) is 0 Å². The maximum Gasteiger partial charge on any atom is 0.356 e. The fraction of sp³-hybridized carbons (Fsp3) is 0.0909. The Morgan fingerprint density at radius 3 is 2.88 bits per heavy atom. The quantitative estimate of drug-likeness (QED) is 0.801. The minimum Gasteiger partial charge on any atom is -0.464 e. The Kier molecular flexibility index (Phi) is 3.23. The molecule has 1 aromatic heterocycles. The molecule has 6 heteroatoms. The van der Waals surface area contributed by atoms with Gasteiger partial charge in [-0.1, -0.05) is 6.07 Å². The summed E-state index contributed by atoms with van der Waals surface area (Å²) in [6, 6.07) is 5.99. The number of ether oxygens (including phenoxy) is 1. The zero-order valence-corrected chi connectivity index (χ0v) is 10.4. The van der Waals surface area contributed by atoms with E-state index in [1.807, 2.05) is 0 Å². The molecular formula is C11H8BrFN2O2. The maximum absolute atomic E-state index is 13.7. The van der Waals surface area contributed by atoms with Crippen LogP contribution in [0.5, 0.6) is 0 Å². The number of nitrogens with zero attached hydrogens (tertiary/aromatic N) is 2. The van der Waals surface area contributed by atoms with Crippen molar-refractivity contribution in [3.05, 3.63) is 46.4 Å². The van der Waals surface area contributed by atoms with Crippen LogP contribution in [-0.2, 0) is 4.74 Å². The van der Waals surface area contributed by atoms with Crippen LogP contribution in [0, 0.1) is 5.82 Å². The summed E-state index contributed by atoms with van der Waals surface area (Å²) in [6.07, 6.45) is 1.41. The average Bonchev–Trinajstić information content (AvgIpc) is 2.77. The Morgan fingerprint density at radius 1 is 1.47 bits per heavy atom. The molecule has 0 saturated heterocycles. The summed E-state index contributed by atoms with van der Waals surface area (Å²) in [5.74, 6) is -1.05. The van der Waals surface area contributed by atoms with Crippen molar-refractivity contribution in [2.75, 3.05) is 7.11 Å². The number of benzene rings is 1. The van der Waals surface area contributed by atoms with E-state index in [-0.39, 0.29) is 11.4 Å². The zero-order valence-electron chi connectivity index (χ0n) is 8.85. The van der Waals surface area contributed by atoms with Crippen molar-refractivity contribution in [1.82, 2.24) is 9.78 Å². The third-order valence-electron chi connectivity index (χ3n) is 2.19. The number of para-hydroxylation sites is 1. The van der Waals surface area contributed by atoms with Crippen molar-refractivity contribution in [1.29, 1.82) is 0 Å². The first-order valence-electron chi connectivity index (χ1n) is 4.72. The van der Waals surface area contributed by atoms with E-state index in [0.29, 0.717) is 4.47 Å². The lowest BCUT2D eigenvalue weighted by molar-refractivity contribution is 0.0590. The van der Waals surface area contributed by atoms with Gasteiger partial charge >= 0.3 is 5.97 Å². The Morgan fingerprint density at radius 2 is 2.24 bits per heavy atom. The van der Waals surface area contributed by atoms with Gasteiger partial charge in [-0.25, -0.2) is 13.9 Å².